The van der Waals surface area contributed by atoms with Crippen LogP contribution in [0.25, 0.3) is 22.3 Å². The molecule has 4 aromatic rings. The summed E-state index contributed by atoms with van der Waals surface area (Å²) in [6, 6.07) is 21.1. The second-order valence-electron chi connectivity index (χ2n) is 7.77. The average molecular weight is 445 g/mol. The van der Waals surface area contributed by atoms with Gasteiger partial charge in [0.1, 0.15) is 0 Å². The first kappa shape index (κ1) is 20.3. The van der Waals surface area contributed by atoms with Crippen LogP contribution in [0.1, 0.15) is 10.4 Å². The van der Waals surface area contributed by atoms with Gasteiger partial charge in [-0.1, -0.05) is 29.8 Å². The van der Waals surface area contributed by atoms with Crippen molar-refractivity contribution in [3.05, 3.63) is 83.5 Å². The van der Waals surface area contributed by atoms with E-state index in [1.165, 1.54) is 0 Å². The molecule has 0 unspecified atom stereocenters. The zero-order valence-corrected chi connectivity index (χ0v) is 18.0. The third-order valence-electron chi connectivity index (χ3n) is 5.75. The summed E-state index contributed by atoms with van der Waals surface area (Å²) in [5.41, 5.74) is 5.50. The van der Waals surface area contributed by atoms with Crippen LogP contribution >= 0.6 is 11.6 Å². The van der Waals surface area contributed by atoms with Crippen LogP contribution in [-0.4, -0.2) is 47.2 Å². The molecule has 0 spiro atoms. The fourth-order valence-corrected chi connectivity index (χ4v) is 4.22. The molecule has 160 valence electrons. The first-order valence-corrected chi connectivity index (χ1v) is 10.8. The normalized spacial score (nSPS) is 14.0. The Morgan fingerprint density at radius 1 is 0.844 bits per heavy atom. The van der Waals surface area contributed by atoms with Gasteiger partial charge in [-0.2, -0.15) is 0 Å². The van der Waals surface area contributed by atoms with Gasteiger partial charge in [-0.05, 0) is 48.5 Å². The Labute approximate surface area is 190 Å². The van der Waals surface area contributed by atoms with Crippen molar-refractivity contribution in [2.75, 3.05) is 36.0 Å². The Morgan fingerprint density at radius 2 is 1.53 bits per heavy atom. The quantitative estimate of drug-likeness (QED) is 0.479. The highest BCUT2D eigenvalue weighted by Crippen LogP contribution is 2.27. The smallest absolute Gasteiger partial charge is 0.335 e. The van der Waals surface area contributed by atoms with E-state index < -0.39 is 5.97 Å². The van der Waals surface area contributed by atoms with Crippen LogP contribution in [-0.2, 0) is 0 Å². The Kier molecular flexibility index (Phi) is 5.37. The SMILES string of the molecule is O=C(O)c1ccc2nc(-c3cccc(N4CCN(c5cccc(Cl)c5)CC4)c3)cnc2c1. The van der Waals surface area contributed by atoms with E-state index in [1.807, 2.05) is 30.3 Å². The number of anilines is 2. The standard InChI is InChI=1S/C25H21ClN4O2/c26-19-4-2-6-21(15-19)30-11-9-29(10-12-30)20-5-1-3-17(13-20)24-16-27-23-14-18(25(31)32)7-8-22(23)28-24/h1-8,13-16H,9-12H2,(H,31,32). The summed E-state index contributed by atoms with van der Waals surface area (Å²) in [6.07, 6.45) is 1.70. The number of aromatic nitrogens is 2. The number of hydrogen-bond donors (Lipinski definition) is 1. The maximum absolute atomic E-state index is 11.2. The summed E-state index contributed by atoms with van der Waals surface area (Å²) in [7, 11) is 0. The van der Waals surface area contributed by atoms with E-state index in [4.69, 9.17) is 21.7 Å². The molecule has 1 N–H and O–H groups in total. The molecule has 0 bridgehead atoms. The van der Waals surface area contributed by atoms with Crippen LogP contribution in [0.3, 0.4) is 0 Å². The second-order valence-corrected chi connectivity index (χ2v) is 8.20. The molecule has 2 heterocycles. The molecule has 0 radical (unpaired) electrons. The minimum absolute atomic E-state index is 0.207. The highest BCUT2D eigenvalue weighted by molar-refractivity contribution is 6.30. The zero-order valence-electron chi connectivity index (χ0n) is 17.3. The minimum atomic E-state index is -0.971. The number of carboxylic acids is 1. The molecule has 0 aliphatic carbocycles. The second kappa shape index (κ2) is 8.48. The average Bonchev–Trinajstić information content (AvgIpc) is 2.83. The van der Waals surface area contributed by atoms with Crippen LogP contribution in [0.2, 0.25) is 5.02 Å². The van der Waals surface area contributed by atoms with Gasteiger partial charge in [-0.3, -0.25) is 4.98 Å². The summed E-state index contributed by atoms with van der Waals surface area (Å²) in [5, 5.41) is 9.92. The van der Waals surface area contributed by atoms with E-state index in [2.05, 4.69) is 33.0 Å². The van der Waals surface area contributed by atoms with Gasteiger partial charge in [0.05, 0.1) is 28.5 Å². The molecule has 32 heavy (non-hydrogen) atoms. The summed E-state index contributed by atoms with van der Waals surface area (Å²) >= 11 is 6.15. The van der Waals surface area contributed by atoms with E-state index in [0.717, 1.165) is 53.8 Å². The molecule has 5 rings (SSSR count). The number of rotatable bonds is 4. The van der Waals surface area contributed by atoms with E-state index in [1.54, 1.807) is 24.4 Å². The maximum atomic E-state index is 11.2. The lowest BCUT2D eigenvalue weighted by atomic mass is 10.1. The van der Waals surface area contributed by atoms with Gasteiger partial charge in [0.2, 0.25) is 0 Å². The van der Waals surface area contributed by atoms with Crippen LogP contribution in [0.4, 0.5) is 11.4 Å². The molecule has 1 saturated heterocycles. The van der Waals surface area contributed by atoms with Gasteiger partial charge in [0.15, 0.2) is 0 Å². The molecule has 1 aromatic heterocycles. The third kappa shape index (κ3) is 4.09. The summed E-state index contributed by atoms with van der Waals surface area (Å²) in [5.74, 6) is -0.971. The predicted octanol–water partition coefficient (Wildman–Crippen LogP) is 4.98. The topological polar surface area (TPSA) is 69.6 Å². The molecule has 1 fully saturated rings. The Morgan fingerprint density at radius 3 is 2.22 bits per heavy atom. The van der Waals surface area contributed by atoms with Crippen molar-refractivity contribution in [3.63, 3.8) is 0 Å². The van der Waals surface area contributed by atoms with Crippen molar-refractivity contribution >= 4 is 40.0 Å². The number of hydrogen-bond acceptors (Lipinski definition) is 5. The van der Waals surface area contributed by atoms with E-state index in [0.29, 0.717) is 11.0 Å². The van der Waals surface area contributed by atoms with Gasteiger partial charge >= 0.3 is 5.97 Å². The summed E-state index contributed by atoms with van der Waals surface area (Å²) < 4.78 is 0. The Balaban J connectivity index is 1.35. The van der Waals surface area contributed by atoms with Gasteiger partial charge in [-0.15, -0.1) is 0 Å². The zero-order chi connectivity index (χ0) is 22.1. The third-order valence-corrected chi connectivity index (χ3v) is 5.98. The molecule has 0 amide bonds. The van der Waals surface area contributed by atoms with Gasteiger partial charge in [0.25, 0.3) is 0 Å². The van der Waals surface area contributed by atoms with Crippen LogP contribution < -0.4 is 9.80 Å². The lowest BCUT2D eigenvalue weighted by molar-refractivity contribution is 0.0697. The first-order valence-electron chi connectivity index (χ1n) is 10.4. The van der Waals surface area contributed by atoms with Crippen LogP contribution in [0.5, 0.6) is 0 Å². The highest BCUT2D eigenvalue weighted by Gasteiger charge is 2.18. The van der Waals surface area contributed by atoms with E-state index in [-0.39, 0.29) is 5.56 Å². The van der Waals surface area contributed by atoms with Crippen LogP contribution in [0, 0.1) is 0 Å². The van der Waals surface area contributed by atoms with Gasteiger partial charge < -0.3 is 14.9 Å². The Bertz CT molecular complexity index is 1300. The van der Waals surface area contributed by atoms with Crippen molar-refractivity contribution in [2.45, 2.75) is 0 Å². The largest absolute Gasteiger partial charge is 0.478 e. The first-order chi connectivity index (χ1) is 15.6. The molecule has 6 nitrogen and oxygen atoms in total. The number of benzene rings is 3. The summed E-state index contributed by atoms with van der Waals surface area (Å²) in [6.45, 7) is 3.67. The summed E-state index contributed by atoms with van der Waals surface area (Å²) in [4.78, 5) is 25.0. The number of aromatic carboxylic acids is 1. The number of carbonyl (C=O) groups is 1. The van der Waals surface area contributed by atoms with Crippen molar-refractivity contribution in [3.8, 4) is 11.3 Å². The molecular weight excluding hydrogens is 424 g/mol. The number of carboxylic acid groups (broad SMARTS) is 1. The molecule has 3 aromatic carbocycles. The van der Waals surface area contributed by atoms with Gasteiger partial charge in [0, 0.05) is 48.1 Å². The molecule has 0 saturated carbocycles. The molecule has 0 atom stereocenters. The minimum Gasteiger partial charge on any atom is -0.478 e. The number of nitrogens with zero attached hydrogens (tertiary/aromatic N) is 4. The number of fused-ring (bicyclic) bond motifs is 1. The highest BCUT2D eigenvalue weighted by atomic mass is 35.5. The van der Waals surface area contributed by atoms with Crippen molar-refractivity contribution in [1.29, 1.82) is 0 Å². The molecule has 7 heteroatoms. The molecular formula is C25H21ClN4O2. The van der Waals surface area contributed by atoms with Crippen molar-refractivity contribution in [1.82, 2.24) is 9.97 Å². The fraction of sp³-hybridized carbons (Fsp3) is 0.160. The molecule has 1 aliphatic rings. The van der Waals surface area contributed by atoms with Crippen molar-refractivity contribution < 1.29 is 9.90 Å². The predicted molar refractivity (Wildman–Crippen MR) is 128 cm³/mol. The lowest BCUT2D eigenvalue weighted by Gasteiger charge is -2.37. The monoisotopic (exact) mass is 444 g/mol. The fourth-order valence-electron chi connectivity index (χ4n) is 4.04. The molecule has 1 aliphatic heterocycles. The van der Waals surface area contributed by atoms with E-state index >= 15 is 0 Å². The van der Waals surface area contributed by atoms with Gasteiger partial charge in [-0.25, -0.2) is 9.78 Å². The maximum Gasteiger partial charge on any atom is 0.335 e. The number of piperazine rings is 1. The lowest BCUT2D eigenvalue weighted by Crippen LogP contribution is -2.46. The Hall–Kier alpha value is -3.64. The van der Waals surface area contributed by atoms with Crippen molar-refractivity contribution in [2.24, 2.45) is 0 Å². The van der Waals surface area contributed by atoms with E-state index in [9.17, 15) is 4.79 Å². The van der Waals surface area contributed by atoms with Crippen LogP contribution in [0.15, 0.2) is 72.9 Å². The number of halogens is 1.